The molecule has 5 heteroatoms. The maximum absolute atomic E-state index is 12.8. The number of nitrogens with zero attached hydrogens (tertiary/aromatic N) is 3. The molecule has 0 atom stereocenters. The first-order valence-corrected chi connectivity index (χ1v) is 5.54. The van der Waals surface area contributed by atoms with Crippen LogP contribution in [0.4, 0.5) is 4.39 Å². The molecule has 2 aromatic rings. The predicted molar refractivity (Wildman–Crippen MR) is 63.0 cm³/mol. The zero-order valence-corrected chi connectivity index (χ0v) is 9.73. The molecule has 0 bridgehead atoms. The van der Waals surface area contributed by atoms with E-state index in [0.717, 1.165) is 23.4 Å². The van der Waals surface area contributed by atoms with Crippen molar-refractivity contribution < 1.29 is 4.39 Å². The Morgan fingerprint density at radius 1 is 1.29 bits per heavy atom. The van der Waals surface area contributed by atoms with Crippen molar-refractivity contribution in [1.29, 1.82) is 0 Å². The van der Waals surface area contributed by atoms with Gasteiger partial charge in [-0.2, -0.15) is 0 Å². The topological polar surface area (TPSA) is 56.7 Å². The van der Waals surface area contributed by atoms with E-state index in [1.54, 1.807) is 16.8 Å². The fourth-order valence-electron chi connectivity index (χ4n) is 1.68. The molecule has 0 aliphatic heterocycles. The van der Waals surface area contributed by atoms with E-state index in [0.29, 0.717) is 13.1 Å². The van der Waals surface area contributed by atoms with E-state index in [4.69, 9.17) is 5.73 Å². The van der Waals surface area contributed by atoms with Gasteiger partial charge in [-0.05, 0) is 31.2 Å². The van der Waals surface area contributed by atoms with Crippen LogP contribution in [-0.4, -0.2) is 21.5 Å². The number of benzene rings is 1. The second-order valence-electron chi connectivity index (χ2n) is 3.94. The van der Waals surface area contributed by atoms with Crippen molar-refractivity contribution >= 4 is 0 Å². The van der Waals surface area contributed by atoms with Crippen LogP contribution in [0.25, 0.3) is 0 Å². The number of nitrogens with two attached hydrogens (primary N) is 1. The number of hydrogen-bond donors (Lipinski definition) is 1. The fourth-order valence-corrected chi connectivity index (χ4v) is 1.68. The molecule has 0 unspecified atom stereocenters. The number of aromatic nitrogens is 3. The van der Waals surface area contributed by atoms with Crippen LogP contribution < -0.4 is 5.73 Å². The van der Waals surface area contributed by atoms with Crippen LogP contribution in [0.2, 0.25) is 0 Å². The lowest BCUT2D eigenvalue weighted by molar-refractivity contribution is 0.617. The lowest BCUT2D eigenvalue weighted by Crippen LogP contribution is -2.06. The molecule has 17 heavy (non-hydrogen) atoms. The largest absolute Gasteiger partial charge is 0.330 e. The summed E-state index contributed by atoms with van der Waals surface area (Å²) in [6.07, 6.45) is 0.731. The third kappa shape index (κ3) is 2.68. The predicted octanol–water partition coefficient (Wildman–Crippen LogP) is 1.28. The molecule has 0 aliphatic carbocycles. The average molecular weight is 234 g/mol. The summed E-state index contributed by atoms with van der Waals surface area (Å²) in [4.78, 5) is 0. The summed E-state index contributed by atoms with van der Waals surface area (Å²) < 4.78 is 14.6. The molecule has 2 rings (SSSR count). The van der Waals surface area contributed by atoms with Crippen molar-refractivity contribution in [2.75, 3.05) is 6.54 Å². The molecule has 0 amide bonds. The van der Waals surface area contributed by atoms with Crippen LogP contribution >= 0.6 is 0 Å². The Balaban J connectivity index is 2.16. The Kier molecular flexibility index (Phi) is 3.49. The highest BCUT2D eigenvalue weighted by Crippen LogP contribution is 2.09. The van der Waals surface area contributed by atoms with Gasteiger partial charge in [-0.25, -0.2) is 9.07 Å². The third-order valence-corrected chi connectivity index (χ3v) is 2.70. The summed E-state index contributed by atoms with van der Waals surface area (Å²) in [6, 6.07) is 6.39. The molecule has 1 aromatic heterocycles. The summed E-state index contributed by atoms with van der Waals surface area (Å²) in [5.41, 5.74) is 8.43. The van der Waals surface area contributed by atoms with Gasteiger partial charge in [0.2, 0.25) is 0 Å². The zero-order chi connectivity index (χ0) is 12.3. The zero-order valence-electron chi connectivity index (χ0n) is 9.73. The maximum Gasteiger partial charge on any atom is 0.123 e. The van der Waals surface area contributed by atoms with Crippen molar-refractivity contribution in [3.63, 3.8) is 0 Å². The van der Waals surface area contributed by atoms with Gasteiger partial charge in [0.1, 0.15) is 5.82 Å². The van der Waals surface area contributed by atoms with Gasteiger partial charge in [0.05, 0.1) is 17.9 Å². The van der Waals surface area contributed by atoms with Crippen molar-refractivity contribution in [3.8, 4) is 0 Å². The molecule has 2 N–H and O–H groups in total. The maximum atomic E-state index is 12.8. The first-order valence-electron chi connectivity index (χ1n) is 5.54. The summed E-state index contributed by atoms with van der Waals surface area (Å²) in [6.45, 7) is 3.13. The molecular weight excluding hydrogens is 219 g/mol. The van der Waals surface area contributed by atoms with Crippen LogP contribution in [0, 0.1) is 12.7 Å². The number of halogens is 1. The van der Waals surface area contributed by atoms with E-state index >= 15 is 0 Å². The quantitative estimate of drug-likeness (QED) is 0.866. The average Bonchev–Trinajstić information content (AvgIpc) is 2.65. The minimum absolute atomic E-state index is 0.229. The summed E-state index contributed by atoms with van der Waals surface area (Å²) in [5, 5.41) is 8.15. The molecule has 90 valence electrons. The normalized spacial score (nSPS) is 10.8. The van der Waals surface area contributed by atoms with Crippen molar-refractivity contribution in [2.45, 2.75) is 19.9 Å². The van der Waals surface area contributed by atoms with Gasteiger partial charge in [-0.3, -0.25) is 0 Å². The van der Waals surface area contributed by atoms with Gasteiger partial charge in [0, 0.05) is 6.42 Å². The Labute approximate surface area is 99.2 Å². The molecule has 0 radical (unpaired) electrons. The number of hydrogen-bond acceptors (Lipinski definition) is 3. The van der Waals surface area contributed by atoms with E-state index in [-0.39, 0.29) is 5.82 Å². The lowest BCUT2D eigenvalue weighted by atomic mass is 10.2. The Hall–Kier alpha value is -1.75. The van der Waals surface area contributed by atoms with Crippen molar-refractivity contribution in [3.05, 3.63) is 47.0 Å². The molecule has 1 heterocycles. The van der Waals surface area contributed by atoms with Crippen molar-refractivity contribution in [2.24, 2.45) is 5.73 Å². The van der Waals surface area contributed by atoms with Crippen LogP contribution in [0.1, 0.15) is 17.0 Å². The monoisotopic (exact) mass is 234 g/mol. The van der Waals surface area contributed by atoms with Crippen LogP contribution in [0.5, 0.6) is 0 Å². The van der Waals surface area contributed by atoms with Gasteiger partial charge in [0.15, 0.2) is 0 Å². The Bertz CT molecular complexity index is 490. The molecule has 0 saturated heterocycles. The molecule has 1 aromatic carbocycles. The summed E-state index contributed by atoms with van der Waals surface area (Å²) in [7, 11) is 0. The molecular formula is C12H15FN4. The smallest absolute Gasteiger partial charge is 0.123 e. The fraction of sp³-hybridized carbons (Fsp3) is 0.333. The van der Waals surface area contributed by atoms with Gasteiger partial charge in [0.25, 0.3) is 0 Å². The van der Waals surface area contributed by atoms with E-state index in [9.17, 15) is 4.39 Å². The first kappa shape index (κ1) is 11.7. The molecule has 0 saturated carbocycles. The minimum atomic E-state index is -0.229. The standard InChI is InChI=1S/C12H15FN4/c1-9-12(6-7-14)15-16-17(9)8-10-2-4-11(13)5-3-10/h2-5H,6-8,14H2,1H3. The molecule has 0 aliphatic rings. The third-order valence-electron chi connectivity index (χ3n) is 2.70. The Morgan fingerprint density at radius 2 is 2.00 bits per heavy atom. The number of rotatable bonds is 4. The second kappa shape index (κ2) is 5.05. The van der Waals surface area contributed by atoms with Gasteiger partial charge in [-0.1, -0.05) is 17.3 Å². The van der Waals surface area contributed by atoms with E-state index in [1.807, 2.05) is 6.92 Å². The molecule has 0 spiro atoms. The van der Waals surface area contributed by atoms with Crippen molar-refractivity contribution in [1.82, 2.24) is 15.0 Å². The van der Waals surface area contributed by atoms with Crippen LogP contribution in [0.15, 0.2) is 24.3 Å². The van der Waals surface area contributed by atoms with Crippen LogP contribution in [-0.2, 0) is 13.0 Å². The van der Waals surface area contributed by atoms with Crippen LogP contribution in [0.3, 0.4) is 0 Å². The molecule has 0 fully saturated rings. The highest BCUT2D eigenvalue weighted by molar-refractivity contribution is 5.18. The first-order chi connectivity index (χ1) is 8.20. The van der Waals surface area contributed by atoms with E-state index in [1.165, 1.54) is 12.1 Å². The van der Waals surface area contributed by atoms with Gasteiger partial charge in [-0.15, -0.1) is 5.10 Å². The van der Waals surface area contributed by atoms with E-state index < -0.39 is 0 Å². The van der Waals surface area contributed by atoms with E-state index in [2.05, 4.69) is 10.3 Å². The minimum Gasteiger partial charge on any atom is -0.330 e. The highest BCUT2D eigenvalue weighted by Gasteiger charge is 2.07. The van der Waals surface area contributed by atoms with Gasteiger partial charge < -0.3 is 5.73 Å². The summed E-state index contributed by atoms with van der Waals surface area (Å²) in [5.74, 6) is -0.229. The summed E-state index contributed by atoms with van der Waals surface area (Å²) >= 11 is 0. The second-order valence-corrected chi connectivity index (χ2v) is 3.94. The molecule has 4 nitrogen and oxygen atoms in total. The lowest BCUT2D eigenvalue weighted by Gasteiger charge is -2.03. The Morgan fingerprint density at radius 3 is 2.65 bits per heavy atom. The SMILES string of the molecule is Cc1c(CCN)nnn1Cc1ccc(F)cc1. The van der Waals surface area contributed by atoms with Gasteiger partial charge >= 0.3 is 0 Å². The highest BCUT2D eigenvalue weighted by atomic mass is 19.1.